The zero-order chi connectivity index (χ0) is 21.4. The first-order valence-corrected chi connectivity index (χ1v) is 8.96. The van der Waals surface area contributed by atoms with Crippen LogP contribution in [0, 0.1) is 11.8 Å². The second-order valence-electron chi connectivity index (χ2n) is 6.93. The molecule has 1 aliphatic rings. The lowest BCUT2D eigenvalue weighted by molar-refractivity contribution is -0.160. The van der Waals surface area contributed by atoms with Gasteiger partial charge in [0.25, 0.3) is 0 Å². The maximum Gasteiger partial charge on any atom is 0.307 e. The van der Waals surface area contributed by atoms with Crippen LogP contribution in [-0.2, 0) is 23.9 Å². The largest absolute Gasteiger partial charge is 0.481 e. The highest BCUT2D eigenvalue weighted by Gasteiger charge is 2.40. The molecule has 9 nitrogen and oxygen atoms in total. The van der Waals surface area contributed by atoms with E-state index < -0.39 is 36.0 Å². The van der Waals surface area contributed by atoms with E-state index in [1.165, 1.54) is 9.80 Å². The lowest BCUT2D eigenvalue weighted by Crippen LogP contribution is -2.46. The monoisotopic (exact) mass is 396 g/mol. The first-order chi connectivity index (χ1) is 13.1. The maximum atomic E-state index is 11.8. The van der Waals surface area contributed by atoms with Crippen molar-refractivity contribution in [3.8, 4) is 0 Å². The van der Waals surface area contributed by atoms with Crippen molar-refractivity contribution in [3.63, 3.8) is 0 Å². The molecule has 9 heteroatoms. The van der Waals surface area contributed by atoms with Crippen molar-refractivity contribution in [2.75, 3.05) is 27.2 Å². The first kappa shape index (κ1) is 23.4. The van der Waals surface area contributed by atoms with Gasteiger partial charge in [0, 0.05) is 27.2 Å². The lowest BCUT2D eigenvalue weighted by Gasteiger charge is -2.35. The summed E-state index contributed by atoms with van der Waals surface area (Å²) in [5, 5.41) is 18.6. The summed E-state index contributed by atoms with van der Waals surface area (Å²) in [6.07, 6.45) is 1.88. The molecule has 0 aromatic rings. The van der Waals surface area contributed by atoms with Crippen LogP contribution in [0.1, 0.15) is 19.3 Å². The molecule has 0 bridgehead atoms. The van der Waals surface area contributed by atoms with Gasteiger partial charge in [-0.2, -0.15) is 0 Å². The maximum absolute atomic E-state index is 11.8. The van der Waals surface area contributed by atoms with E-state index >= 15 is 0 Å². The van der Waals surface area contributed by atoms with Crippen molar-refractivity contribution in [2.24, 2.45) is 11.8 Å². The van der Waals surface area contributed by atoms with E-state index in [1.807, 2.05) is 0 Å². The lowest BCUT2D eigenvalue weighted by atomic mass is 9.78. The van der Waals surface area contributed by atoms with E-state index in [4.69, 9.17) is 4.74 Å². The molecule has 0 spiro atoms. The fourth-order valence-corrected chi connectivity index (χ4v) is 3.34. The summed E-state index contributed by atoms with van der Waals surface area (Å²) in [5.74, 6) is -4.93. The molecule has 0 aliphatic heterocycles. The number of carboxylic acid groups (broad SMARTS) is 2. The van der Waals surface area contributed by atoms with Crippen LogP contribution in [0.2, 0.25) is 0 Å². The Hall–Kier alpha value is -2.68. The molecular weight excluding hydrogens is 368 g/mol. The molecule has 0 saturated heterocycles. The second kappa shape index (κ2) is 10.6. The molecule has 1 fully saturated rings. The normalized spacial score (nSPS) is 21.6. The summed E-state index contributed by atoms with van der Waals surface area (Å²) in [5.41, 5.74) is 0. The van der Waals surface area contributed by atoms with Gasteiger partial charge in [-0.15, -0.1) is 0 Å². The zero-order valence-electron chi connectivity index (χ0n) is 16.2. The molecule has 2 N–H and O–H groups in total. The molecule has 2 amide bonds. The van der Waals surface area contributed by atoms with Crippen molar-refractivity contribution in [2.45, 2.75) is 31.5 Å². The number of carbonyl (C=O) groups is 4. The number of hydrogen-bond acceptors (Lipinski definition) is 5. The fourth-order valence-electron chi connectivity index (χ4n) is 3.34. The first-order valence-electron chi connectivity index (χ1n) is 8.96. The molecule has 156 valence electrons. The highest BCUT2D eigenvalue weighted by atomic mass is 16.5. The Bertz CT molecular complexity index is 606. The Balaban J connectivity index is 2.89. The van der Waals surface area contributed by atoms with Gasteiger partial charge in [-0.05, 0) is 31.4 Å². The van der Waals surface area contributed by atoms with Crippen LogP contribution in [0.15, 0.2) is 25.3 Å². The summed E-state index contributed by atoms with van der Waals surface area (Å²) < 4.78 is 6.02. The molecule has 0 radical (unpaired) electrons. The van der Waals surface area contributed by atoms with Crippen LogP contribution < -0.4 is 0 Å². The van der Waals surface area contributed by atoms with Crippen molar-refractivity contribution in [1.29, 1.82) is 0 Å². The second-order valence-corrected chi connectivity index (χ2v) is 6.93. The third-order valence-corrected chi connectivity index (χ3v) is 4.88. The molecule has 1 aliphatic carbocycles. The summed E-state index contributed by atoms with van der Waals surface area (Å²) in [6.45, 7) is 7.19. The SMILES string of the molecule is C=CC(=O)N(C)CC(CN(C)C(=O)C=C)OC1CCC(C(=O)O)C(C(=O)O)C1. The Labute approximate surface area is 164 Å². The van der Waals surface area contributed by atoms with Gasteiger partial charge in [-0.25, -0.2) is 0 Å². The van der Waals surface area contributed by atoms with Crippen LogP contribution >= 0.6 is 0 Å². The molecule has 0 heterocycles. The molecule has 0 aromatic carbocycles. The predicted octanol–water partition coefficient (Wildman–Crippen LogP) is 0.615. The number of nitrogens with zero attached hydrogens (tertiary/aromatic N) is 2. The van der Waals surface area contributed by atoms with Crippen molar-refractivity contribution >= 4 is 23.8 Å². The van der Waals surface area contributed by atoms with Crippen molar-refractivity contribution < 1.29 is 34.1 Å². The van der Waals surface area contributed by atoms with Gasteiger partial charge in [0.2, 0.25) is 11.8 Å². The van der Waals surface area contributed by atoms with Crippen LogP contribution in [0.25, 0.3) is 0 Å². The van der Waals surface area contributed by atoms with Crippen LogP contribution in [0.4, 0.5) is 0 Å². The zero-order valence-corrected chi connectivity index (χ0v) is 16.2. The number of ether oxygens (including phenoxy) is 1. The topological polar surface area (TPSA) is 124 Å². The highest BCUT2D eigenvalue weighted by Crippen LogP contribution is 2.33. The minimum Gasteiger partial charge on any atom is -0.481 e. The molecule has 1 rings (SSSR count). The number of likely N-dealkylation sites (N-methyl/N-ethyl adjacent to an activating group) is 2. The van der Waals surface area contributed by atoms with E-state index in [0.29, 0.717) is 6.42 Å². The van der Waals surface area contributed by atoms with Gasteiger partial charge in [0.1, 0.15) is 0 Å². The Morgan fingerprint density at radius 3 is 1.82 bits per heavy atom. The predicted molar refractivity (Wildman–Crippen MR) is 100 cm³/mol. The van der Waals surface area contributed by atoms with Crippen LogP contribution in [0.3, 0.4) is 0 Å². The third kappa shape index (κ3) is 6.49. The number of hydrogen-bond donors (Lipinski definition) is 2. The molecular formula is C19H28N2O7. The molecule has 3 unspecified atom stereocenters. The minimum absolute atomic E-state index is 0.0566. The standard InChI is InChI=1S/C19H28N2O7/c1-5-16(22)20(3)10-13(11-21(4)17(23)6-2)28-12-7-8-14(18(24)25)15(9-12)19(26)27/h5-6,12-15H,1-2,7-11H2,3-4H3,(H,24,25)(H,26,27). The van der Waals surface area contributed by atoms with Gasteiger partial charge in [-0.1, -0.05) is 13.2 Å². The van der Waals surface area contributed by atoms with E-state index in [1.54, 1.807) is 14.1 Å². The molecule has 3 atom stereocenters. The summed E-state index contributed by atoms with van der Waals surface area (Å²) in [7, 11) is 3.13. The minimum atomic E-state index is -1.17. The average Bonchev–Trinajstić information content (AvgIpc) is 2.65. The summed E-state index contributed by atoms with van der Waals surface area (Å²) in [6, 6.07) is 0. The van der Waals surface area contributed by atoms with Gasteiger partial charge < -0.3 is 24.7 Å². The van der Waals surface area contributed by atoms with Crippen LogP contribution in [-0.4, -0.2) is 83.2 Å². The number of amides is 2. The number of rotatable bonds is 10. The van der Waals surface area contributed by atoms with Crippen molar-refractivity contribution in [3.05, 3.63) is 25.3 Å². The van der Waals surface area contributed by atoms with Crippen molar-refractivity contribution in [1.82, 2.24) is 9.80 Å². The summed E-state index contributed by atoms with van der Waals surface area (Å²) in [4.78, 5) is 49.1. The highest BCUT2D eigenvalue weighted by molar-refractivity contribution is 5.87. The number of carbonyl (C=O) groups excluding carboxylic acids is 2. The van der Waals surface area contributed by atoms with E-state index in [-0.39, 0.29) is 37.7 Å². The number of aliphatic carboxylic acids is 2. The third-order valence-electron chi connectivity index (χ3n) is 4.88. The Morgan fingerprint density at radius 1 is 0.964 bits per heavy atom. The van der Waals surface area contributed by atoms with E-state index in [2.05, 4.69) is 13.2 Å². The summed E-state index contributed by atoms with van der Waals surface area (Å²) >= 11 is 0. The van der Waals surface area contributed by atoms with Crippen LogP contribution in [0.5, 0.6) is 0 Å². The van der Waals surface area contributed by atoms with Gasteiger partial charge in [0.15, 0.2) is 0 Å². The molecule has 0 aromatic heterocycles. The Morgan fingerprint density at radius 2 is 1.43 bits per heavy atom. The van der Waals surface area contributed by atoms with Gasteiger partial charge in [-0.3, -0.25) is 19.2 Å². The van der Waals surface area contributed by atoms with E-state index in [0.717, 1.165) is 12.2 Å². The fraction of sp³-hybridized carbons (Fsp3) is 0.579. The molecule has 1 saturated carbocycles. The Kier molecular flexibility index (Phi) is 8.84. The van der Waals surface area contributed by atoms with Gasteiger partial charge >= 0.3 is 11.9 Å². The average molecular weight is 396 g/mol. The smallest absolute Gasteiger partial charge is 0.307 e. The van der Waals surface area contributed by atoms with Gasteiger partial charge in [0.05, 0.1) is 24.0 Å². The molecule has 28 heavy (non-hydrogen) atoms. The quantitative estimate of drug-likeness (QED) is 0.519. The number of carboxylic acids is 2. The van der Waals surface area contributed by atoms with E-state index in [9.17, 15) is 29.4 Å².